The van der Waals surface area contributed by atoms with Gasteiger partial charge in [0, 0.05) is 69.9 Å². The summed E-state index contributed by atoms with van der Waals surface area (Å²) in [6, 6.07) is 3.73. The molecule has 1 unspecified atom stereocenters. The van der Waals surface area contributed by atoms with E-state index in [0.717, 1.165) is 44.1 Å². The molecule has 5 rings (SSSR count). The van der Waals surface area contributed by atoms with Crippen molar-refractivity contribution in [3.8, 4) is 0 Å². The average molecular weight is 491 g/mol. The predicted molar refractivity (Wildman–Crippen MR) is 124 cm³/mol. The number of nitrogens with one attached hydrogen (secondary N) is 1. The van der Waals surface area contributed by atoms with Crippen molar-refractivity contribution < 1.29 is 18.7 Å². The number of carbonyl (C=O) groups excluding carboxylic acids is 2. The first-order chi connectivity index (χ1) is 16.4. The summed E-state index contributed by atoms with van der Waals surface area (Å²) in [5, 5.41) is 7.50. The molecule has 0 spiro atoms. The van der Waals surface area contributed by atoms with E-state index in [2.05, 4.69) is 10.2 Å². The number of rotatable bonds is 3. The van der Waals surface area contributed by atoms with Gasteiger partial charge in [-0.25, -0.2) is 9.18 Å². The van der Waals surface area contributed by atoms with Crippen LogP contribution in [0.4, 0.5) is 14.9 Å². The molecule has 3 amide bonds. The molecule has 9 nitrogen and oxygen atoms in total. The van der Waals surface area contributed by atoms with E-state index in [1.165, 1.54) is 18.2 Å². The molecule has 1 atom stereocenters. The number of hydrogen-bond donors (Lipinski definition) is 1. The Bertz CT molecular complexity index is 1100. The van der Waals surface area contributed by atoms with Crippen molar-refractivity contribution >= 4 is 29.2 Å². The minimum atomic E-state index is -0.542. The Morgan fingerprint density at radius 1 is 1.26 bits per heavy atom. The molecule has 1 fully saturated rings. The third-order valence-electron chi connectivity index (χ3n) is 6.69. The molecule has 4 heterocycles. The molecule has 3 aliphatic rings. The zero-order valence-corrected chi connectivity index (χ0v) is 19.9. The number of aromatic nitrogens is 2. The highest BCUT2D eigenvalue weighted by molar-refractivity contribution is 6.31. The molecule has 0 aliphatic carbocycles. The first kappa shape index (κ1) is 23.1. The molecule has 1 aromatic carbocycles. The summed E-state index contributed by atoms with van der Waals surface area (Å²) in [7, 11) is 1.83. The molecule has 1 N–H and O–H groups in total. The zero-order chi connectivity index (χ0) is 23.8. The summed E-state index contributed by atoms with van der Waals surface area (Å²) in [6.07, 6.45) is 0.568. The van der Waals surface area contributed by atoms with Crippen LogP contribution in [0.2, 0.25) is 5.02 Å². The highest BCUT2D eigenvalue weighted by Crippen LogP contribution is 2.28. The van der Waals surface area contributed by atoms with Gasteiger partial charge in [0.15, 0.2) is 0 Å². The fourth-order valence-corrected chi connectivity index (χ4v) is 5.15. The van der Waals surface area contributed by atoms with Crippen molar-refractivity contribution in [1.82, 2.24) is 24.5 Å². The van der Waals surface area contributed by atoms with Gasteiger partial charge in [0.25, 0.3) is 5.91 Å². The standard InChI is InChI=1S/C23H28ClFN6O3/c1-28-11-15(12-29-6-8-34-9-7-29)13-31-21(22(28)32)17-14-30(5-4-20(17)27-31)23(33)26-16-2-3-19(25)18(24)10-16/h2-3,10,15H,4-9,11-14H2,1H3,(H,26,33). The normalized spacial score (nSPS) is 21.1. The lowest BCUT2D eigenvalue weighted by atomic mass is 10.0. The van der Waals surface area contributed by atoms with E-state index in [9.17, 15) is 14.0 Å². The summed E-state index contributed by atoms with van der Waals surface area (Å²) in [6.45, 7) is 6.26. The van der Waals surface area contributed by atoms with Crippen LogP contribution in [-0.2, 0) is 24.2 Å². The van der Waals surface area contributed by atoms with Crippen molar-refractivity contribution in [2.75, 3.05) is 58.3 Å². The van der Waals surface area contributed by atoms with Crippen LogP contribution in [0.1, 0.15) is 21.7 Å². The largest absolute Gasteiger partial charge is 0.379 e. The number of hydrogen-bond acceptors (Lipinski definition) is 5. The lowest BCUT2D eigenvalue weighted by Crippen LogP contribution is -2.42. The number of urea groups is 1. The fraction of sp³-hybridized carbons (Fsp3) is 0.522. The number of halogens is 2. The minimum Gasteiger partial charge on any atom is -0.379 e. The number of carbonyl (C=O) groups is 2. The lowest BCUT2D eigenvalue weighted by molar-refractivity contribution is 0.0271. The van der Waals surface area contributed by atoms with Crippen LogP contribution in [0, 0.1) is 11.7 Å². The second-order valence-corrected chi connectivity index (χ2v) is 9.56. The molecule has 1 saturated heterocycles. The van der Waals surface area contributed by atoms with Gasteiger partial charge in [-0.15, -0.1) is 0 Å². The van der Waals surface area contributed by atoms with Crippen LogP contribution in [0.15, 0.2) is 18.2 Å². The topological polar surface area (TPSA) is 82.9 Å². The van der Waals surface area contributed by atoms with Crippen LogP contribution in [-0.4, -0.2) is 89.4 Å². The van der Waals surface area contributed by atoms with Crippen molar-refractivity contribution in [3.05, 3.63) is 46.0 Å². The van der Waals surface area contributed by atoms with Gasteiger partial charge in [0.2, 0.25) is 0 Å². The number of fused-ring (bicyclic) bond motifs is 3. The van der Waals surface area contributed by atoms with Crippen molar-refractivity contribution in [2.45, 2.75) is 19.5 Å². The van der Waals surface area contributed by atoms with E-state index in [4.69, 9.17) is 21.4 Å². The van der Waals surface area contributed by atoms with Crippen molar-refractivity contribution in [1.29, 1.82) is 0 Å². The molecule has 34 heavy (non-hydrogen) atoms. The summed E-state index contributed by atoms with van der Waals surface area (Å²) in [5.41, 5.74) is 2.67. The number of anilines is 1. The molecular formula is C23H28ClFN6O3. The van der Waals surface area contributed by atoms with Gasteiger partial charge in [0.05, 0.1) is 30.5 Å². The first-order valence-corrected chi connectivity index (χ1v) is 11.9. The maximum Gasteiger partial charge on any atom is 0.322 e. The zero-order valence-electron chi connectivity index (χ0n) is 19.1. The minimum absolute atomic E-state index is 0.0547. The third kappa shape index (κ3) is 4.62. The van der Waals surface area contributed by atoms with Gasteiger partial charge in [-0.05, 0) is 18.2 Å². The smallest absolute Gasteiger partial charge is 0.322 e. The SMILES string of the molecule is CN1CC(CN2CCOCC2)Cn2nc3c(c2C1=O)CN(C(=O)Nc1ccc(F)c(Cl)c1)CC3. The van der Waals surface area contributed by atoms with E-state index in [-0.39, 0.29) is 22.9 Å². The third-order valence-corrected chi connectivity index (χ3v) is 6.98. The van der Waals surface area contributed by atoms with Gasteiger partial charge in [-0.2, -0.15) is 5.10 Å². The Morgan fingerprint density at radius 3 is 2.82 bits per heavy atom. The van der Waals surface area contributed by atoms with Gasteiger partial charge >= 0.3 is 6.03 Å². The average Bonchev–Trinajstić information content (AvgIpc) is 3.13. The monoisotopic (exact) mass is 490 g/mol. The highest BCUT2D eigenvalue weighted by Gasteiger charge is 2.35. The highest BCUT2D eigenvalue weighted by atomic mass is 35.5. The molecule has 2 aromatic rings. The van der Waals surface area contributed by atoms with E-state index in [0.29, 0.717) is 44.0 Å². The summed E-state index contributed by atoms with van der Waals surface area (Å²) in [4.78, 5) is 32.0. The maximum absolute atomic E-state index is 13.4. The van der Waals surface area contributed by atoms with Gasteiger partial charge < -0.3 is 19.9 Å². The lowest BCUT2D eigenvalue weighted by Gasteiger charge is -2.31. The Hall–Kier alpha value is -2.69. The molecule has 0 bridgehead atoms. The van der Waals surface area contributed by atoms with E-state index in [1.807, 2.05) is 11.7 Å². The summed E-state index contributed by atoms with van der Waals surface area (Å²) < 4.78 is 20.7. The summed E-state index contributed by atoms with van der Waals surface area (Å²) in [5.74, 6) is -0.345. The molecule has 182 valence electrons. The molecule has 11 heteroatoms. The molecule has 0 radical (unpaired) electrons. The Kier molecular flexibility index (Phi) is 6.46. The van der Waals surface area contributed by atoms with Gasteiger partial charge in [-0.3, -0.25) is 14.4 Å². The Balaban J connectivity index is 1.33. The first-order valence-electron chi connectivity index (χ1n) is 11.5. The molecule has 0 saturated carbocycles. The van der Waals surface area contributed by atoms with Crippen LogP contribution in [0.3, 0.4) is 0 Å². The van der Waals surface area contributed by atoms with Crippen LogP contribution in [0.5, 0.6) is 0 Å². The second-order valence-electron chi connectivity index (χ2n) is 9.15. The maximum atomic E-state index is 13.4. The summed E-state index contributed by atoms with van der Waals surface area (Å²) >= 11 is 5.83. The quantitative estimate of drug-likeness (QED) is 0.714. The van der Waals surface area contributed by atoms with Crippen molar-refractivity contribution in [2.24, 2.45) is 5.92 Å². The van der Waals surface area contributed by atoms with Gasteiger partial charge in [0.1, 0.15) is 11.5 Å². The van der Waals surface area contributed by atoms with E-state index < -0.39 is 5.82 Å². The van der Waals surface area contributed by atoms with Crippen molar-refractivity contribution in [3.63, 3.8) is 0 Å². The van der Waals surface area contributed by atoms with E-state index >= 15 is 0 Å². The number of morpholine rings is 1. The number of nitrogens with zero attached hydrogens (tertiary/aromatic N) is 5. The Morgan fingerprint density at radius 2 is 2.06 bits per heavy atom. The molecule has 3 aliphatic heterocycles. The number of ether oxygens (including phenoxy) is 1. The predicted octanol–water partition coefficient (Wildman–Crippen LogP) is 2.30. The van der Waals surface area contributed by atoms with Crippen LogP contribution >= 0.6 is 11.6 Å². The number of benzene rings is 1. The van der Waals surface area contributed by atoms with Crippen LogP contribution in [0.25, 0.3) is 0 Å². The molecule has 1 aromatic heterocycles. The Labute approximate surface area is 202 Å². The van der Waals surface area contributed by atoms with Crippen LogP contribution < -0.4 is 5.32 Å². The fourth-order valence-electron chi connectivity index (χ4n) is 4.97. The molecular weight excluding hydrogens is 463 g/mol. The van der Waals surface area contributed by atoms with E-state index in [1.54, 1.807) is 9.80 Å². The van der Waals surface area contributed by atoms with Gasteiger partial charge in [-0.1, -0.05) is 11.6 Å². The number of amides is 3. The second kappa shape index (κ2) is 9.52.